The molecule has 0 radical (unpaired) electrons. The van der Waals surface area contributed by atoms with Crippen molar-refractivity contribution >= 4 is 0 Å². The van der Waals surface area contributed by atoms with E-state index in [1.54, 1.807) is 0 Å². The van der Waals surface area contributed by atoms with Crippen molar-refractivity contribution in [2.45, 2.75) is 130 Å². The van der Waals surface area contributed by atoms with Gasteiger partial charge in [0, 0.05) is 0 Å². The molecule has 0 fully saturated rings. The molecule has 3 nitrogen and oxygen atoms in total. The molecule has 0 saturated heterocycles. The van der Waals surface area contributed by atoms with Crippen LogP contribution in [0.25, 0.3) is 0 Å². The lowest BCUT2D eigenvalue weighted by atomic mass is 9.85. The predicted octanol–water partition coefficient (Wildman–Crippen LogP) is 7.54. The van der Waals surface area contributed by atoms with Gasteiger partial charge in [0.25, 0.3) is 0 Å². The quantitative estimate of drug-likeness (QED) is 0.138. The summed E-state index contributed by atoms with van der Waals surface area (Å²) in [6.07, 6.45) is 18.1. The van der Waals surface area contributed by atoms with Crippen molar-refractivity contribution in [3.05, 3.63) is 0 Å². The Kier molecular flexibility index (Phi) is 17.6. The van der Waals surface area contributed by atoms with Crippen LogP contribution in [0.4, 0.5) is 0 Å². The number of rotatable bonds is 19. The molecule has 0 atom stereocenters. The van der Waals surface area contributed by atoms with Gasteiger partial charge in [-0.1, -0.05) is 103 Å². The minimum Gasteiger partial charge on any atom is -0.206 e. The van der Waals surface area contributed by atoms with Gasteiger partial charge in [-0.2, -0.15) is 4.89 Å². The minimum atomic E-state index is -0.150. The molecule has 0 aromatic rings. The van der Waals surface area contributed by atoms with Crippen LogP contribution in [0, 0.1) is 0 Å². The molecule has 0 spiro atoms. The molecule has 24 heavy (non-hydrogen) atoms. The average molecular weight is 345 g/mol. The van der Waals surface area contributed by atoms with E-state index in [0.717, 1.165) is 32.1 Å². The summed E-state index contributed by atoms with van der Waals surface area (Å²) >= 11 is 0. The van der Waals surface area contributed by atoms with E-state index in [1.807, 2.05) is 0 Å². The van der Waals surface area contributed by atoms with E-state index in [-0.39, 0.29) is 5.60 Å². The summed E-state index contributed by atoms with van der Waals surface area (Å²) in [5.74, 6) is 0. The fourth-order valence-electron chi connectivity index (χ4n) is 3.06. The molecule has 0 rings (SSSR count). The highest BCUT2D eigenvalue weighted by Crippen LogP contribution is 2.32. The normalized spacial score (nSPS) is 12.0. The summed E-state index contributed by atoms with van der Waals surface area (Å²) in [5.41, 5.74) is -0.150. The zero-order valence-electron chi connectivity index (χ0n) is 17.0. The molecule has 0 heterocycles. The van der Waals surface area contributed by atoms with Gasteiger partial charge < -0.3 is 0 Å². The van der Waals surface area contributed by atoms with E-state index in [9.17, 15) is 0 Å². The van der Waals surface area contributed by atoms with Crippen LogP contribution in [0.3, 0.4) is 0 Å². The van der Waals surface area contributed by atoms with Gasteiger partial charge in [0.1, 0.15) is 5.60 Å². The van der Waals surface area contributed by atoms with Crippen molar-refractivity contribution in [1.29, 1.82) is 0 Å². The third kappa shape index (κ3) is 13.2. The summed E-state index contributed by atoms with van der Waals surface area (Å²) < 4.78 is 0. The number of hydrogen-bond acceptors (Lipinski definition) is 3. The van der Waals surface area contributed by atoms with Crippen LogP contribution in [0.1, 0.15) is 124 Å². The van der Waals surface area contributed by atoms with E-state index in [0.29, 0.717) is 6.61 Å². The Labute approximate surface area is 151 Å². The Hall–Kier alpha value is -0.120. The van der Waals surface area contributed by atoms with Crippen LogP contribution in [-0.2, 0) is 14.8 Å². The van der Waals surface area contributed by atoms with E-state index in [4.69, 9.17) is 14.8 Å². The van der Waals surface area contributed by atoms with E-state index < -0.39 is 0 Å². The second-order valence-electron chi connectivity index (χ2n) is 7.23. The van der Waals surface area contributed by atoms with Crippen molar-refractivity contribution in [3.8, 4) is 0 Å². The minimum absolute atomic E-state index is 0.150. The van der Waals surface area contributed by atoms with Crippen LogP contribution in [-0.4, -0.2) is 12.2 Å². The molecule has 0 aromatic heterocycles. The second kappa shape index (κ2) is 17.7. The molecule has 0 aromatic carbocycles. The molecule has 0 saturated carbocycles. The Morgan fingerprint density at radius 2 is 1.04 bits per heavy atom. The first kappa shape index (κ1) is 23.9. The molecule has 0 bridgehead atoms. The van der Waals surface area contributed by atoms with Crippen molar-refractivity contribution in [1.82, 2.24) is 0 Å². The van der Waals surface area contributed by atoms with Gasteiger partial charge in [0.05, 0.1) is 6.61 Å². The van der Waals surface area contributed by atoms with Gasteiger partial charge in [0.15, 0.2) is 0 Å². The van der Waals surface area contributed by atoms with Crippen LogP contribution in [0.2, 0.25) is 0 Å². The molecule has 0 amide bonds. The number of hydrogen-bond donors (Lipinski definition) is 0. The topological polar surface area (TPSA) is 27.7 Å². The van der Waals surface area contributed by atoms with Crippen LogP contribution >= 0.6 is 0 Å². The standard InChI is InChI=1S/C21H44O3/c1-5-9-13-14-15-16-19-21(17-10-6-2,18-11-7-3)23-24-22-20-12-8-4/h5-20H2,1-4H3. The third-order valence-electron chi connectivity index (χ3n) is 4.80. The zero-order valence-corrected chi connectivity index (χ0v) is 17.0. The van der Waals surface area contributed by atoms with Gasteiger partial charge in [-0.05, 0) is 25.7 Å². The molecular formula is C21H44O3. The first-order valence-corrected chi connectivity index (χ1v) is 10.7. The summed E-state index contributed by atoms with van der Waals surface area (Å²) in [6, 6.07) is 0. The molecule has 146 valence electrons. The lowest BCUT2D eigenvalue weighted by molar-refractivity contribution is -0.546. The fraction of sp³-hybridized carbons (Fsp3) is 1.00. The van der Waals surface area contributed by atoms with Crippen LogP contribution < -0.4 is 0 Å². The molecule has 0 unspecified atom stereocenters. The number of unbranched alkanes of at least 4 members (excludes halogenated alkanes) is 8. The Balaban J connectivity index is 4.37. The lowest BCUT2D eigenvalue weighted by Crippen LogP contribution is -2.33. The van der Waals surface area contributed by atoms with Gasteiger partial charge in [0.2, 0.25) is 0 Å². The van der Waals surface area contributed by atoms with Crippen molar-refractivity contribution in [2.24, 2.45) is 0 Å². The maximum Gasteiger partial charge on any atom is 0.107 e. The van der Waals surface area contributed by atoms with E-state index in [1.165, 1.54) is 64.2 Å². The first-order chi connectivity index (χ1) is 11.7. The molecule has 3 heteroatoms. The molecule has 0 aliphatic rings. The Morgan fingerprint density at radius 1 is 0.542 bits per heavy atom. The van der Waals surface area contributed by atoms with Gasteiger partial charge in [-0.3, -0.25) is 0 Å². The Morgan fingerprint density at radius 3 is 1.62 bits per heavy atom. The first-order valence-electron chi connectivity index (χ1n) is 10.7. The van der Waals surface area contributed by atoms with Gasteiger partial charge in [-0.25, -0.2) is 4.89 Å². The highest BCUT2D eigenvalue weighted by Gasteiger charge is 2.31. The SMILES string of the molecule is CCCCCCCCC(CCCC)(CCCC)OOOCCCC. The second-order valence-corrected chi connectivity index (χ2v) is 7.23. The Bertz CT molecular complexity index is 235. The molecular weight excluding hydrogens is 300 g/mol. The summed E-state index contributed by atoms with van der Waals surface area (Å²) in [4.78, 5) is 11.1. The molecule has 0 aliphatic carbocycles. The summed E-state index contributed by atoms with van der Waals surface area (Å²) in [7, 11) is 0. The van der Waals surface area contributed by atoms with Gasteiger partial charge >= 0.3 is 0 Å². The summed E-state index contributed by atoms with van der Waals surface area (Å²) in [5, 5.41) is 5.19. The summed E-state index contributed by atoms with van der Waals surface area (Å²) in [6.45, 7) is 9.52. The smallest absolute Gasteiger partial charge is 0.107 e. The highest BCUT2D eigenvalue weighted by atomic mass is 17.5. The monoisotopic (exact) mass is 344 g/mol. The highest BCUT2D eigenvalue weighted by molar-refractivity contribution is 4.79. The molecule has 0 N–H and O–H groups in total. The lowest BCUT2D eigenvalue weighted by Gasteiger charge is -2.32. The van der Waals surface area contributed by atoms with Crippen LogP contribution in [0.5, 0.6) is 0 Å². The molecule has 0 aliphatic heterocycles. The van der Waals surface area contributed by atoms with Crippen molar-refractivity contribution in [3.63, 3.8) is 0 Å². The average Bonchev–Trinajstić information content (AvgIpc) is 2.60. The van der Waals surface area contributed by atoms with Crippen molar-refractivity contribution in [2.75, 3.05) is 6.61 Å². The third-order valence-corrected chi connectivity index (χ3v) is 4.80. The largest absolute Gasteiger partial charge is 0.206 e. The van der Waals surface area contributed by atoms with E-state index >= 15 is 0 Å². The van der Waals surface area contributed by atoms with Gasteiger partial charge in [-0.15, -0.1) is 0 Å². The van der Waals surface area contributed by atoms with Crippen molar-refractivity contribution < 1.29 is 14.8 Å². The maximum absolute atomic E-state index is 5.89. The van der Waals surface area contributed by atoms with E-state index in [2.05, 4.69) is 27.7 Å². The maximum atomic E-state index is 5.89. The fourth-order valence-corrected chi connectivity index (χ4v) is 3.06. The zero-order chi connectivity index (χ0) is 17.9. The predicted molar refractivity (Wildman–Crippen MR) is 103 cm³/mol. The van der Waals surface area contributed by atoms with Crippen LogP contribution in [0.15, 0.2) is 0 Å².